The van der Waals surface area contributed by atoms with Crippen LogP contribution < -0.4 is 16.0 Å². The van der Waals surface area contributed by atoms with Gasteiger partial charge >= 0.3 is 0 Å². The summed E-state index contributed by atoms with van der Waals surface area (Å²) in [5.74, 6) is 0.0195. The second kappa shape index (κ2) is 5.02. The Labute approximate surface area is 118 Å². The standard InChI is InChI=1S/C14H20ClN3O/c1-9(16)10-4-5-12(11(15)8-10)18-7-6-17-13(19)14(18,2)3/h4-5,8-9H,6-7,16H2,1-3H3,(H,17,19). The molecule has 5 heteroatoms. The number of benzene rings is 1. The summed E-state index contributed by atoms with van der Waals surface area (Å²) in [4.78, 5) is 14.0. The van der Waals surface area contributed by atoms with Crippen LogP contribution in [0.5, 0.6) is 0 Å². The molecule has 0 radical (unpaired) electrons. The quantitative estimate of drug-likeness (QED) is 0.873. The topological polar surface area (TPSA) is 58.4 Å². The normalized spacial score (nSPS) is 20.1. The van der Waals surface area contributed by atoms with Gasteiger partial charge in [0, 0.05) is 19.1 Å². The van der Waals surface area contributed by atoms with E-state index in [2.05, 4.69) is 5.32 Å². The summed E-state index contributed by atoms with van der Waals surface area (Å²) in [5.41, 5.74) is 7.12. The van der Waals surface area contributed by atoms with Gasteiger partial charge in [0.05, 0.1) is 10.7 Å². The molecule has 19 heavy (non-hydrogen) atoms. The maximum absolute atomic E-state index is 12.0. The van der Waals surface area contributed by atoms with Crippen LogP contribution in [-0.2, 0) is 4.79 Å². The molecule has 1 aromatic carbocycles. The third-order valence-corrected chi connectivity index (χ3v) is 3.94. The second-order valence-electron chi connectivity index (χ2n) is 5.47. The lowest BCUT2D eigenvalue weighted by Crippen LogP contribution is -2.62. The van der Waals surface area contributed by atoms with E-state index in [0.29, 0.717) is 11.6 Å². The van der Waals surface area contributed by atoms with E-state index in [1.807, 2.05) is 43.9 Å². The van der Waals surface area contributed by atoms with Crippen LogP contribution in [0.25, 0.3) is 0 Å². The van der Waals surface area contributed by atoms with Crippen LogP contribution in [0.2, 0.25) is 5.02 Å². The first-order valence-electron chi connectivity index (χ1n) is 6.45. The molecule has 0 bridgehead atoms. The Bertz CT molecular complexity index is 499. The summed E-state index contributed by atoms with van der Waals surface area (Å²) in [6.45, 7) is 7.10. The van der Waals surface area contributed by atoms with E-state index in [9.17, 15) is 4.79 Å². The van der Waals surface area contributed by atoms with E-state index in [4.69, 9.17) is 17.3 Å². The highest BCUT2D eigenvalue weighted by molar-refractivity contribution is 6.33. The number of rotatable bonds is 2. The number of carbonyl (C=O) groups is 1. The number of anilines is 1. The predicted molar refractivity (Wildman–Crippen MR) is 78.5 cm³/mol. The third kappa shape index (κ3) is 2.55. The number of piperazine rings is 1. The first-order valence-corrected chi connectivity index (χ1v) is 6.83. The molecule has 1 unspecified atom stereocenters. The first-order chi connectivity index (χ1) is 8.84. The van der Waals surface area contributed by atoms with Crippen molar-refractivity contribution in [1.29, 1.82) is 0 Å². The van der Waals surface area contributed by atoms with Crippen molar-refractivity contribution in [3.63, 3.8) is 0 Å². The minimum absolute atomic E-state index is 0.0195. The Kier molecular flexibility index (Phi) is 3.74. The summed E-state index contributed by atoms with van der Waals surface area (Å²) in [6.07, 6.45) is 0. The van der Waals surface area contributed by atoms with Crippen LogP contribution >= 0.6 is 11.6 Å². The Morgan fingerprint density at radius 3 is 2.74 bits per heavy atom. The van der Waals surface area contributed by atoms with Crippen molar-refractivity contribution in [1.82, 2.24) is 5.32 Å². The molecule has 3 N–H and O–H groups in total. The molecular formula is C14H20ClN3O. The largest absolute Gasteiger partial charge is 0.355 e. The maximum Gasteiger partial charge on any atom is 0.245 e. The van der Waals surface area contributed by atoms with E-state index < -0.39 is 5.54 Å². The molecule has 1 aliphatic rings. The van der Waals surface area contributed by atoms with Crippen molar-refractivity contribution in [3.8, 4) is 0 Å². The van der Waals surface area contributed by atoms with E-state index in [1.165, 1.54) is 0 Å². The molecule has 0 aliphatic carbocycles. The molecule has 104 valence electrons. The van der Waals surface area contributed by atoms with Crippen molar-refractivity contribution < 1.29 is 4.79 Å². The fourth-order valence-electron chi connectivity index (χ4n) is 2.35. The Hall–Kier alpha value is -1.26. The fourth-order valence-corrected chi connectivity index (χ4v) is 2.64. The molecule has 1 saturated heterocycles. The van der Waals surface area contributed by atoms with Crippen LogP contribution in [0.4, 0.5) is 5.69 Å². The molecule has 1 atom stereocenters. The van der Waals surface area contributed by atoms with E-state index in [1.54, 1.807) is 0 Å². The van der Waals surface area contributed by atoms with Gasteiger partial charge in [0.1, 0.15) is 5.54 Å². The highest BCUT2D eigenvalue weighted by Gasteiger charge is 2.38. The van der Waals surface area contributed by atoms with Gasteiger partial charge in [0.15, 0.2) is 0 Å². The average Bonchev–Trinajstić information content (AvgIpc) is 2.33. The van der Waals surface area contributed by atoms with Gasteiger partial charge in [-0.25, -0.2) is 0 Å². The van der Waals surface area contributed by atoms with Crippen LogP contribution in [0, 0.1) is 0 Å². The molecule has 4 nitrogen and oxygen atoms in total. The predicted octanol–water partition coefficient (Wildman–Crippen LogP) is 2.07. The van der Waals surface area contributed by atoms with Gasteiger partial charge in [-0.2, -0.15) is 0 Å². The highest BCUT2D eigenvalue weighted by atomic mass is 35.5. The first kappa shape index (κ1) is 14.2. The SMILES string of the molecule is CC(N)c1ccc(N2CCNC(=O)C2(C)C)c(Cl)c1. The van der Waals surface area contributed by atoms with Gasteiger partial charge < -0.3 is 16.0 Å². The summed E-state index contributed by atoms with van der Waals surface area (Å²) >= 11 is 6.35. The van der Waals surface area contributed by atoms with E-state index in [-0.39, 0.29) is 11.9 Å². The third-order valence-electron chi connectivity index (χ3n) is 3.64. The highest BCUT2D eigenvalue weighted by Crippen LogP contribution is 2.33. The Morgan fingerprint density at radius 2 is 2.16 bits per heavy atom. The number of halogens is 1. The number of nitrogens with zero attached hydrogens (tertiary/aromatic N) is 1. The molecule has 0 saturated carbocycles. The summed E-state index contributed by atoms with van der Waals surface area (Å²) in [7, 11) is 0. The minimum Gasteiger partial charge on any atom is -0.355 e. The number of hydrogen-bond acceptors (Lipinski definition) is 3. The maximum atomic E-state index is 12.0. The average molecular weight is 282 g/mol. The number of nitrogens with one attached hydrogen (secondary N) is 1. The monoisotopic (exact) mass is 281 g/mol. The van der Waals surface area contributed by atoms with E-state index in [0.717, 1.165) is 17.8 Å². The molecular weight excluding hydrogens is 262 g/mol. The number of hydrogen-bond donors (Lipinski definition) is 2. The van der Waals surface area contributed by atoms with Crippen LogP contribution in [0.15, 0.2) is 18.2 Å². The molecule has 1 aromatic rings. The van der Waals surface area contributed by atoms with Crippen LogP contribution in [-0.4, -0.2) is 24.5 Å². The van der Waals surface area contributed by atoms with Crippen LogP contribution in [0.1, 0.15) is 32.4 Å². The number of amides is 1. The van der Waals surface area contributed by atoms with Gasteiger partial charge in [0.2, 0.25) is 5.91 Å². The zero-order chi connectivity index (χ0) is 14.2. The smallest absolute Gasteiger partial charge is 0.245 e. The molecule has 1 amide bonds. The van der Waals surface area contributed by atoms with Crippen LogP contribution in [0.3, 0.4) is 0 Å². The van der Waals surface area contributed by atoms with Crippen molar-refractivity contribution >= 4 is 23.2 Å². The molecule has 2 rings (SSSR count). The van der Waals surface area contributed by atoms with Gasteiger partial charge in [-0.05, 0) is 38.5 Å². The van der Waals surface area contributed by atoms with Crippen molar-refractivity contribution in [3.05, 3.63) is 28.8 Å². The molecule has 0 aromatic heterocycles. The van der Waals surface area contributed by atoms with Crippen molar-refractivity contribution in [2.24, 2.45) is 5.73 Å². The molecule has 1 fully saturated rings. The second-order valence-corrected chi connectivity index (χ2v) is 5.87. The fraction of sp³-hybridized carbons (Fsp3) is 0.500. The molecule has 1 heterocycles. The summed E-state index contributed by atoms with van der Waals surface area (Å²) in [5, 5.41) is 3.51. The zero-order valence-corrected chi connectivity index (χ0v) is 12.3. The lowest BCUT2D eigenvalue weighted by atomic mass is 9.97. The molecule has 0 spiro atoms. The lowest BCUT2D eigenvalue weighted by molar-refractivity contribution is -0.126. The Morgan fingerprint density at radius 1 is 1.47 bits per heavy atom. The Balaban J connectivity index is 2.38. The zero-order valence-electron chi connectivity index (χ0n) is 11.5. The lowest BCUT2D eigenvalue weighted by Gasteiger charge is -2.43. The summed E-state index contributed by atoms with van der Waals surface area (Å²) < 4.78 is 0. The van der Waals surface area contributed by atoms with Gasteiger partial charge in [-0.1, -0.05) is 17.7 Å². The number of carbonyl (C=O) groups excluding carboxylic acids is 1. The van der Waals surface area contributed by atoms with Crippen molar-refractivity contribution in [2.75, 3.05) is 18.0 Å². The minimum atomic E-state index is -0.599. The number of nitrogens with two attached hydrogens (primary N) is 1. The van der Waals surface area contributed by atoms with Gasteiger partial charge in [0.25, 0.3) is 0 Å². The van der Waals surface area contributed by atoms with Gasteiger partial charge in [-0.15, -0.1) is 0 Å². The van der Waals surface area contributed by atoms with Crippen molar-refractivity contribution in [2.45, 2.75) is 32.4 Å². The summed E-state index contributed by atoms with van der Waals surface area (Å²) in [6, 6.07) is 5.74. The molecule has 1 aliphatic heterocycles. The van der Waals surface area contributed by atoms with Gasteiger partial charge in [-0.3, -0.25) is 4.79 Å². The van der Waals surface area contributed by atoms with E-state index >= 15 is 0 Å².